The van der Waals surface area contributed by atoms with Crippen LogP contribution in [0.25, 0.3) is 11.5 Å². The van der Waals surface area contributed by atoms with Gasteiger partial charge in [0.05, 0.1) is 24.5 Å². The van der Waals surface area contributed by atoms with Gasteiger partial charge in [0, 0.05) is 25.0 Å². The van der Waals surface area contributed by atoms with Gasteiger partial charge in [0.25, 0.3) is 0 Å². The highest BCUT2D eigenvalue weighted by molar-refractivity contribution is 5.53. The molecule has 2 aromatic carbocycles. The van der Waals surface area contributed by atoms with E-state index in [1.54, 1.807) is 0 Å². The molecule has 5 nitrogen and oxygen atoms in total. The summed E-state index contributed by atoms with van der Waals surface area (Å²) in [7, 11) is 0. The van der Waals surface area contributed by atoms with Crippen molar-refractivity contribution in [1.29, 1.82) is 0 Å². The number of nitrogens with zero attached hydrogens (tertiary/aromatic N) is 1. The Morgan fingerprint density at radius 2 is 1.77 bits per heavy atom. The molecule has 2 unspecified atom stereocenters. The second-order valence-corrected chi connectivity index (χ2v) is 7.30. The van der Waals surface area contributed by atoms with Gasteiger partial charge in [-0.1, -0.05) is 37.3 Å². The maximum Gasteiger partial charge on any atom is 0.226 e. The zero-order chi connectivity index (χ0) is 21.3. The molecular formula is C25H31NO4. The smallest absolute Gasteiger partial charge is 0.226 e. The van der Waals surface area contributed by atoms with E-state index < -0.39 is 6.10 Å². The van der Waals surface area contributed by atoms with E-state index in [-0.39, 0.29) is 6.10 Å². The molecule has 1 aromatic heterocycles. The third kappa shape index (κ3) is 5.94. The number of aliphatic hydroxyl groups is 1. The lowest BCUT2D eigenvalue weighted by Gasteiger charge is -2.22. The third-order valence-corrected chi connectivity index (χ3v) is 5.11. The molecule has 0 spiro atoms. The summed E-state index contributed by atoms with van der Waals surface area (Å²) in [6, 6.07) is 17.9. The Morgan fingerprint density at radius 1 is 1.03 bits per heavy atom. The number of hydrogen-bond donors (Lipinski definition) is 1. The van der Waals surface area contributed by atoms with Crippen molar-refractivity contribution in [3.05, 3.63) is 71.6 Å². The molecule has 0 aliphatic carbocycles. The van der Waals surface area contributed by atoms with Crippen LogP contribution < -0.4 is 4.74 Å². The summed E-state index contributed by atoms with van der Waals surface area (Å²) >= 11 is 0. The van der Waals surface area contributed by atoms with Crippen molar-refractivity contribution < 1.29 is 19.0 Å². The lowest BCUT2D eigenvalue weighted by Crippen LogP contribution is -2.30. The van der Waals surface area contributed by atoms with E-state index in [9.17, 15) is 5.11 Å². The molecule has 0 saturated heterocycles. The Bertz CT molecular complexity index is 889. The SMILES string of the molecule is CCOC(Cc1ccc(OCCc2nc(-c3ccccc3)oc2C)cc1)C(O)CC. The summed E-state index contributed by atoms with van der Waals surface area (Å²) < 4.78 is 17.4. The summed E-state index contributed by atoms with van der Waals surface area (Å²) in [5, 5.41) is 10.1. The zero-order valence-electron chi connectivity index (χ0n) is 18.0. The number of oxazole rings is 1. The minimum atomic E-state index is -0.452. The first-order valence-corrected chi connectivity index (χ1v) is 10.6. The number of benzene rings is 2. The maximum atomic E-state index is 10.1. The maximum absolute atomic E-state index is 10.1. The van der Waals surface area contributed by atoms with E-state index in [4.69, 9.17) is 13.9 Å². The topological polar surface area (TPSA) is 64.7 Å². The molecule has 1 N–H and O–H groups in total. The van der Waals surface area contributed by atoms with E-state index in [0.29, 0.717) is 38.4 Å². The number of aliphatic hydroxyl groups excluding tert-OH is 1. The molecule has 0 radical (unpaired) electrons. The Morgan fingerprint density at radius 3 is 2.43 bits per heavy atom. The van der Waals surface area contributed by atoms with Crippen LogP contribution in [-0.4, -0.2) is 35.5 Å². The summed E-state index contributed by atoms with van der Waals surface area (Å²) in [6.45, 7) is 6.97. The van der Waals surface area contributed by atoms with E-state index in [2.05, 4.69) is 4.98 Å². The molecule has 1 heterocycles. The van der Waals surface area contributed by atoms with Crippen molar-refractivity contribution in [2.24, 2.45) is 0 Å². The molecule has 30 heavy (non-hydrogen) atoms. The van der Waals surface area contributed by atoms with Gasteiger partial charge in [-0.25, -0.2) is 4.98 Å². The van der Waals surface area contributed by atoms with Crippen molar-refractivity contribution in [2.45, 2.75) is 52.2 Å². The average molecular weight is 410 g/mol. The second-order valence-electron chi connectivity index (χ2n) is 7.30. The lowest BCUT2D eigenvalue weighted by molar-refractivity contribution is -0.0329. The highest BCUT2D eigenvalue weighted by atomic mass is 16.5. The number of hydrogen-bond acceptors (Lipinski definition) is 5. The van der Waals surface area contributed by atoms with Crippen LogP contribution in [0.15, 0.2) is 59.0 Å². The summed E-state index contributed by atoms with van der Waals surface area (Å²) in [4.78, 5) is 4.62. The fraction of sp³-hybridized carbons (Fsp3) is 0.400. The Balaban J connectivity index is 1.53. The number of ether oxygens (including phenoxy) is 2. The minimum Gasteiger partial charge on any atom is -0.493 e. The standard InChI is InChI=1S/C25H31NO4/c1-4-23(27)24(28-5-2)17-19-11-13-21(14-12-19)29-16-15-22-18(3)30-25(26-22)20-9-7-6-8-10-20/h6-14,23-24,27H,4-5,15-17H2,1-3H3. The second kappa shape index (κ2) is 11.0. The number of aryl methyl sites for hydroxylation is 1. The molecule has 0 fully saturated rings. The highest BCUT2D eigenvalue weighted by Crippen LogP contribution is 2.22. The average Bonchev–Trinajstić information content (AvgIpc) is 3.15. The van der Waals surface area contributed by atoms with Gasteiger partial charge >= 0.3 is 0 Å². The van der Waals surface area contributed by atoms with Crippen molar-refractivity contribution >= 4 is 0 Å². The van der Waals surface area contributed by atoms with Crippen molar-refractivity contribution in [3.8, 4) is 17.2 Å². The van der Waals surface area contributed by atoms with Gasteiger partial charge in [0.15, 0.2) is 0 Å². The van der Waals surface area contributed by atoms with Gasteiger partial charge < -0.3 is 19.0 Å². The molecule has 0 amide bonds. The van der Waals surface area contributed by atoms with Gasteiger partial charge in [-0.3, -0.25) is 0 Å². The molecular weight excluding hydrogens is 378 g/mol. The predicted molar refractivity (Wildman–Crippen MR) is 118 cm³/mol. The van der Waals surface area contributed by atoms with Crippen LogP contribution in [0.5, 0.6) is 5.75 Å². The number of aromatic nitrogens is 1. The van der Waals surface area contributed by atoms with Crippen molar-refractivity contribution in [3.63, 3.8) is 0 Å². The van der Waals surface area contributed by atoms with Crippen molar-refractivity contribution in [2.75, 3.05) is 13.2 Å². The van der Waals surface area contributed by atoms with E-state index in [0.717, 1.165) is 28.3 Å². The van der Waals surface area contributed by atoms with Gasteiger partial charge in [0.2, 0.25) is 5.89 Å². The Hall–Kier alpha value is -2.63. The first kappa shape index (κ1) is 22.1. The monoisotopic (exact) mass is 409 g/mol. The van der Waals surface area contributed by atoms with Gasteiger partial charge in [-0.2, -0.15) is 0 Å². The summed E-state index contributed by atoms with van der Waals surface area (Å²) in [5.41, 5.74) is 3.01. The molecule has 160 valence electrons. The highest BCUT2D eigenvalue weighted by Gasteiger charge is 2.18. The molecule has 0 aliphatic rings. The minimum absolute atomic E-state index is 0.180. The fourth-order valence-electron chi connectivity index (χ4n) is 3.37. The fourth-order valence-corrected chi connectivity index (χ4v) is 3.37. The van der Waals surface area contributed by atoms with Crippen molar-refractivity contribution in [1.82, 2.24) is 4.98 Å². The van der Waals surface area contributed by atoms with Gasteiger partial charge in [0.1, 0.15) is 11.5 Å². The van der Waals surface area contributed by atoms with Crippen LogP contribution in [-0.2, 0) is 17.6 Å². The Kier molecular flexibility index (Phi) is 8.05. The van der Waals surface area contributed by atoms with Crippen LogP contribution in [0.4, 0.5) is 0 Å². The van der Waals surface area contributed by atoms with Crippen LogP contribution in [0, 0.1) is 6.92 Å². The van der Waals surface area contributed by atoms with Gasteiger partial charge in [-0.05, 0) is 50.1 Å². The molecule has 0 aliphatic heterocycles. The molecule has 2 atom stereocenters. The normalized spacial score (nSPS) is 13.2. The first-order valence-electron chi connectivity index (χ1n) is 10.6. The molecule has 3 rings (SSSR count). The quantitative estimate of drug-likeness (QED) is 0.483. The molecule has 3 aromatic rings. The summed E-state index contributed by atoms with van der Waals surface area (Å²) in [5.74, 6) is 2.28. The largest absolute Gasteiger partial charge is 0.493 e. The van der Waals surface area contributed by atoms with Crippen LogP contribution in [0.3, 0.4) is 0 Å². The predicted octanol–water partition coefficient (Wildman–Crippen LogP) is 4.99. The zero-order valence-corrected chi connectivity index (χ0v) is 18.0. The molecule has 0 saturated carbocycles. The number of rotatable bonds is 11. The summed E-state index contributed by atoms with van der Waals surface area (Å²) in [6.07, 6.45) is 1.41. The van der Waals surface area contributed by atoms with Gasteiger partial charge in [-0.15, -0.1) is 0 Å². The van der Waals surface area contributed by atoms with E-state index in [1.807, 2.05) is 75.4 Å². The van der Waals surface area contributed by atoms with Crippen LogP contribution in [0.2, 0.25) is 0 Å². The van der Waals surface area contributed by atoms with E-state index in [1.165, 1.54) is 0 Å². The van der Waals surface area contributed by atoms with Crippen LogP contribution in [0.1, 0.15) is 37.3 Å². The molecule has 0 bridgehead atoms. The first-order chi connectivity index (χ1) is 14.6. The van der Waals surface area contributed by atoms with Crippen LogP contribution >= 0.6 is 0 Å². The van der Waals surface area contributed by atoms with E-state index >= 15 is 0 Å². The third-order valence-electron chi connectivity index (χ3n) is 5.11. The molecule has 5 heteroatoms. The Labute approximate surface area is 178 Å². The lowest BCUT2D eigenvalue weighted by atomic mass is 10.0.